The Kier molecular flexibility index (Phi) is 4.20. The molecule has 5 nitrogen and oxygen atoms in total. The minimum Gasteiger partial charge on any atom is -0.493 e. The molecule has 1 atom stereocenters. The Hall–Kier alpha value is -2.56. The minimum absolute atomic E-state index is 0.152. The smallest absolute Gasteiger partial charge is 0.335 e. The lowest BCUT2D eigenvalue weighted by Crippen LogP contribution is -2.06. The highest BCUT2D eigenvalue weighted by molar-refractivity contribution is 5.88. The molecule has 1 aromatic heterocycles. The summed E-state index contributed by atoms with van der Waals surface area (Å²) in [5.41, 5.74) is 1.05. The summed E-state index contributed by atoms with van der Waals surface area (Å²) in [6.45, 7) is 1.86. The maximum absolute atomic E-state index is 11.0. The number of ether oxygens (including phenoxy) is 2. The second kappa shape index (κ2) is 6.06. The number of hydrogen-bond donors (Lipinski definition) is 1. The van der Waals surface area contributed by atoms with Crippen molar-refractivity contribution in [1.82, 2.24) is 4.98 Å². The maximum Gasteiger partial charge on any atom is 0.335 e. The van der Waals surface area contributed by atoms with Gasteiger partial charge in [-0.1, -0.05) is 6.07 Å². The zero-order valence-corrected chi connectivity index (χ0v) is 11.2. The number of pyridine rings is 1. The second-order valence-corrected chi connectivity index (χ2v) is 4.22. The number of carboxylic acids is 1. The number of aromatic nitrogens is 1. The van der Waals surface area contributed by atoms with Crippen LogP contribution in [-0.2, 0) is 0 Å². The first kappa shape index (κ1) is 13.9. The van der Waals surface area contributed by atoms with Crippen molar-refractivity contribution in [2.45, 2.75) is 13.0 Å². The lowest BCUT2D eigenvalue weighted by molar-refractivity contribution is 0.0696. The van der Waals surface area contributed by atoms with Gasteiger partial charge in [-0.05, 0) is 31.2 Å². The average Bonchev–Trinajstić information content (AvgIpc) is 2.48. The molecule has 2 rings (SSSR count). The van der Waals surface area contributed by atoms with Gasteiger partial charge in [-0.25, -0.2) is 4.79 Å². The molecule has 104 valence electrons. The molecule has 1 heterocycles. The van der Waals surface area contributed by atoms with Crippen LogP contribution < -0.4 is 9.47 Å². The van der Waals surface area contributed by atoms with Gasteiger partial charge in [-0.3, -0.25) is 4.98 Å². The van der Waals surface area contributed by atoms with Crippen LogP contribution in [0.3, 0.4) is 0 Å². The summed E-state index contributed by atoms with van der Waals surface area (Å²) in [6, 6.07) is 8.22. The summed E-state index contributed by atoms with van der Waals surface area (Å²) in [5, 5.41) is 9.02. The fourth-order valence-electron chi connectivity index (χ4n) is 1.78. The number of nitrogens with zero attached hydrogens (tertiary/aromatic N) is 1. The molecule has 0 aliphatic heterocycles. The van der Waals surface area contributed by atoms with Gasteiger partial charge in [0.05, 0.1) is 12.7 Å². The number of aromatic carboxylic acids is 1. The normalized spacial score (nSPS) is 11.7. The van der Waals surface area contributed by atoms with Crippen molar-refractivity contribution < 1.29 is 19.4 Å². The van der Waals surface area contributed by atoms with E-state index in [1.807, 2.05) is 19.1 Å². The third-order valence-corrected chi connectivity index (χ3v) is 2.87. The van der Waals surface area contributed by atoms with Gasteiger partial charge in [-0.2, -0.15) is 0 Å². The summed E-state index contributed by atoms with van der Waals surface area (Å²) >= 11 is 0. The molecule has 0 spiro atoms. The molecule has 1 aromatic carbocycles. The highest BCUT2D eigenvalue weighted by Crippen LogP contribution is 2.31. The van der Waals surface area contributed by atoms with Crippen LogP contribution in [0.15, 0.2) is 42.7 Å². The number of rotatable bonds is 5. The van der Waals surface area contributed by atoms with E-state index >= 15 is 0 Å². The fraction of sp³-hybridized carbons (Fsp3) is 0.200. The topological polar surface area (TPSA) is 68.7 Å². The van der Waals surface area contributed by atoms with E-state index in [1.54, 1.807) is 18.5 Å². The Morgan fingerprint density at radius 3 is 2.70 bits per heavy atom. The molecule has 5 heteroatoms. The van der Waals surface area contributed by atoms with E-state index in [0.717, 1.165) is 5.56 Å². The van der Waals surface area contributed by atoms with E-state index in [4.69, 9.17) is 14.6 Å². The van der Waals surface area contributed by atoms with Crippen LogP contribution in [0.1, 0.15) is 28.9 Å². The van der Waals surface area contributed by atoms with Crippen LogP contribution >= 0.6 is 0 Å². The van der Waals surface area contributed by atoms with Gasteiger partial charge >= 0.3 is 5.97 Å². The summed E-state index contributed by atoms with van der Waals surface area (Å²) < 4.78 is 11.0. The molecule has 0 radical (unpaired) electrons. The quantitative estimate of drug-likeness (QED) is 0.907. The van der Waals surface area contributed by atoms with Crippen molar-refractivity contribution in [2.24, 2.45) is 0 Å². The second-order valence-electron chi connectivity index (χ2n) is 4.22. The zero-order chi connectivity index (χ0) is 14.5. The molecule has 1 unspecified atom stereocenters. The van der Waals surface area contributed by atoms with Crippen molar-refractivity contribution in [3.05, 3.63) is 53.9 Å². The molecule has 0 aliphatic carbocycles. The summed E-state index contributed by atoms with van der Waals surface area (Å²) in [4.78, 5) is 15.0. The molecular weight excluding hydrogens is 258 g/mol. The molecule has 20 heavy (non-hydrogen) atoms. The number of benzene rings is 1. The Bertz CT molecular complexity index is 598. The van der Waals surface area contributed by atoms with Gasteiger partial charge in [0.2, 0.25) is 0 Å². The van der Waals surface area contributed by atoms with Crippen LogP contribution in [0.4, 0.5) is 0 Å². The SMILES string of the molecule is COc1ccc(C(=O)O)cc1OC(C)c1cccnc1. The number of carboxylic acid groups (broad SMARTS) is 1. The highest BCUT2D eigenvalue weighted by Gasteiger charge is 2.14. The predicted octanol–water partition coefficient (Wildman–Crippen LogP) is 2.93. The van der Waals surface area contributed by atoms with Crippen molar-refractivity contribution in [1.29, 1.82) is 0 Å². The monoisotopic (exact) mass is 273 g/mol. The Morgan fingerprint density at radius 2 is 2.10 bits per heavy atom. The molecule has 0 fully saturated rings. The minimum atomic E-state index is -1.01. The van der Waals surface area contributed by atoms with Crippen molar-refractivity contribution in [3.8, 4) is 11.5 Å². The molecule has 2 aromatic rings. The third-order valence-electron chi connectivity index (χ3n) is 2.87. The first-order valence-corrected chi connectivity index (χ1v) is 6.09. The zero-order valence-electron chi connectivity index (χ0n) is 11.2. The number of methoxy groups -OCH3 is 1. The van der Waals surface area contributed by atoms with Gasteiger partial charge in [0.25, 0.3) is 0 Å². The lowest BCUT2D eigenvalue weighted by atomic mass is 10.1. The van der Waals surface area contributed by atoms with Crippen molar-refractivity contribution >= 4 is 5.97 Å². The van der Waals surface area contributed by atoms with Gasteiger partial charge in [-0.15, -0.1) is 0 Å². The third kappa shape index (κ3) is 3.06. The fourth-order valence-corrected chi connectivity index (χ4v) is 1.78. The Labute approximate surface area is 116 Å². The van der Waals surface area contributed by atoms with Gasteiger partial charge in [0, 0.05) is 18.0 Å². The molecule has 0 saturated carbocycles. The van der Waals surface area contributed by atoms with Crippen LogP contribution in [0, 0.1) is 0 Å². The number of carbonyl (C=O) groups is 1. The highest BCUT2D eigenvalue weighted by atomic mass is 16.5. The first-order chi connectivity index (χ1) is 9.61. The molecule has 0 aliphatic rings. The standard InChI is InChI=1S/C15H15NO4/c1-10(12-4-3-7-16-9-12)20-14-8-11(15(17)18)5-6-13(14)19-2/h3-10H,1-2H3,(H,17,18). The maximum atomic E-state index is 11.0. The first-order valence-electron chi connectivity index (χ1n) is 6.09. The summed E-state index contributed by atoms with van der Waals surface area (Å²) in [5.74, 6) is -0.124. The van der Waals surface area contributed by atoms with Crippen LogP contribution in [0.5, 0.6) is 11.5 Å². The van der Waals surface area contributed by atoms with E-state index in [9.17, 15) is 4.79 Å². The van der Waals surface area contributed by atoms with Gasteiger partial charge < -0.3 is 14.6 Å². The average molecular weight is 273 g/mol. The van der Waals surface area contributed by atoms with E-state index in [-0.39, 0.29) is 11.7 Å². The van der Waals surface area contributed by atoms with E-state index in [0.29, 0.717) is 11.5 Å². The molecule has 0 bridgehead atoms. The Balaban J connectivity index is 2.27. The predicted molar refractivity (Wildman–Crippen MR) is 73.2 cm³/mol. The van der Waals surface area contributed by atoms with Crippen LogP contribution in [0.25, 0.3) is 0 Å². The Morgan fingerprint density at radius 1 is 1.30 bits per heavy atom. The van der Waals surface area contributed by atoms with E-state index in [1.165, 1.54) is 19.2 Å². The van der Waals surface area contributed by atoms with Crippen LogP contribution in [0.2, 0.25) is 0 Å². The van der Waals surface area contributed by atoms with Gasteiger partial charge in [0.15, 0.2) is 11.5 Å². The van der Waals surface area contributed by atoms with Crippen LogP contribution in [-0.4, -0.2) is 23.2 Å². The van der Waals surface area contributed by atoms with Gasteiger partial charge in [0.1, 0.15) is 6.10 Å². The molecule has 1 N–H and O–H groups in total. The largest absolute Gasteiger partial charge is 0.493 e. The molecule has 0 amide bonds. The van der Waals surface area contributed by atoms with E-state index in [2.05, 4.69) is 4.98 Å². The number of hydrogen-bond acceptors (Lipinski definition) is 4. The van der Waals surface area contributed by atoms with Crippen molar-refractivity contribution in [2.75, 3.05) is 7.11 Å². The van der Waals surface area contributed by atoms with Crippen molar-refractivity contribution in [3.63, 3.8) is 0 Å². The summed E-state index contributed by atoms with van der Waals surface area (Å²) in [6.07, 6.45) is 3.13. The lowest BCUT2D eigenvalue weighted by Gasteiger charge is -2.17. The molecular formula is C15H15NO4. The van der Waals surface area contributed by atoms with E-state index < -0.39 is 5.97 Å². The summed E-state index contributed by atoms with van der Waals surface area (Å²) in [7, 11) is 1.51. The molecule has 0 saturated heterocycles.